The molecular weight excluding hydrogens is 216 g/mol. The lowest BCUT2D eigenvalue weighted by Gasteiger charge is -2.29. The van der Waals surface area contributed by atoms with Gasteiger partial charge < -0.3 is 5.32 Å². The Hall–Kier alpha value is -1.84. The highest BCUT2D eigenvalue weighted by molar-refractivity contribution is 6.24. The molecule has 0 bridgehead atoms. The molecule has 1 heterocycles. The predicted molar refractivity (Wildman–Crippen MR) is 66.2 cm³/mol. The first kappa shape index (κ1) is 11.6. The van der Waals surface area contributed by atoms with Crippen LogP contribution in [0.25, 0.3) is 0 Å². The van der Waals surface area contributed by atoms with Gasteiger partial charge in [0.15, 0.2) is 0 Å². The van der Waals surface area contributed by atoms with Crippen molar-refractivity contribution in [2.45, 2.75) is 26.3 Å². The van der Waals surface area contributed by atoms with E-state index in [4.69, 9.17) is 0 Å². The predicted octanol–water partition coefficient (Wildman–Crippen LogP) is 2.12. The number of hydrogen-bond donors (Lipinski definition) is 1. The second kappa shape index (κ2) is 3.58. The van der Waals surface area contributed by atoms with Crippen LogP contribution in [0, 0.1) is 0 Å². The van der Waals surface area contributed by atoms with E-state index in [1.807, 2.05) is 20.8 Å². The molecular formula is C13H16N2O2. The molecule has 1 aliphatic heterocycles. The van der Waals surface area contributed by atoms with Crippen LogP contribution in [0.3, 0.4) is 0 Å². The molecule has 0 unspecified atom stereocenters. The molecule has 1 aromatic rings. The number of fused-ring (bicyclic) bond motifs is 1. The summed E-state index contributed by atoms with van der Waals surface area (Å²) in [7, 11) is 1.74. The van der Waals surface area contributed by atoms with Gasteiger partial charge in [-0.05, 0) is 32.9 Å². The molecule has 0 spiro atoms. The van der Waals surface area contributed by atoms with Gasteiger partial charge in [-0.25, -0.2) is 0 Å². The number of benzene rings is 1. The molecule has 1 aromatic carbocycles. The molecule has 17 heavy (non-hydrogen) atoms. The minimum Gasteiger partial charge on any atom is -0.387 e. The Morgan fingerprint density at radius 1 is 1.12 bits per heavy atom. The summed E-state index contributed by atoms with van der Waals surface area (Å²) < 4.78 is 0. The Morgan fingerprint density at radius 3 is 2.29 bits per heavy atom. The van der Waals surface area contributed by atoms with E-state index in [0.717, 1.165) is 0 Å². The molecule has 0 atom stereocenters. The van der Waals surface area contributed by atoms with E-state index < -0.39 is 5.54 Å². The Morgan fingerprint density at radius 2 is 1.76 bits per heavy atom. The molecule has 2 amide bonds. The summed E-state index contributed by atoms with van der Waals surface area (Å²) in [5.41, 5.74) is 1.16. The molecule has 0 aliphatic carbocycles. The summed E-state index contributed by atoms with van der Waals surface area (Å²) in [6, 6.07) is 5.28. The highest BCUT2D eigenvalue weighted by Gasteiger charge is 2.42. The SMILES string of the molecule is CNc1cccc2c1C(=O)N(C(C)(C)C)C2=O. The van der Waals surface area contributed by atoms with E-state index in [0.29, 0.717) is 16.8 Å². The number of nitrogens with zero attached hydrogens (tertiary/aromatic N) is 1. The first-order valence-corrected chi connectivity index (χ1v) is 5.57. The molecule has 4 nitrogen and oxygen atoms in total. The Bertz CT molecular complexity index is 501. The van der Waals surface area contributed by atoms with Gasteiger partial charge in [-0.1, -0.05) is 6.07 Å². The van der Waals surface area contributed by atoms with Gasteiger partial charge in [-0.2, -0.15) is 0 Å². The fourth-order valence-electron chi connectivity index (χ4n) is 2.10. The van der Waals surface area contributed by atoms with E-state index >= 15 is 0 Å². The second-order valence-corrected chi connectivity index (χ2v) is 5.09. The number of rotatable bonds is 1. The first-order chi connectivity index (χ1) is 7.88. The number of imide groups is 1. The average molecular weight is 232 g/mol. The minimum atomic E-state index is -0.502. The highest BCUT2D eigenvalue weighted by Crippen LogP contribution is 2.33. The lowest BCUT2D eigenvalue weighted by Crippen LogP contribution is -2.45. The minimum absolute atomic E-state index is 0.213. The van der Waals surface area contributed by atoms with Gasteiger partial charge in [-0.3, -0.25) is 14.5 Å². The maximum Gasteiger partial charge on any atom is 0.264 e. The summed E-state index contributed by atoms with van der Waals surface area (Å²) in [4.78, 5) is 25.8. The van der Waals surface area contributed by atoms with Crippen molar-refractivity contribution in [2.75, 3.05) is 12.4 Å². The summed E-state index contributed by atoms with van der Waals surface area (Å²) >= 11 is 0. The van der Waals surface area contributed by atoms with Crippen LogP contribution in [0.1, 0.15) is 41.5 Å². The lowest BCUT2D eigenvalue weighted by molar-refractivity contribution is 0.0508. The molecule has 1 aliphatic rings. The third-order valence-corrected chi connectivity index (χ3v) is 2.86. The van der Waals surface area contributed by atoms with Crippen molar-refractivity contribution < 1.29 is 9.59 Å². The second-order valence-electron chi connectivity index (χ2n) is 5.09. The smallest absolute Gasteiger partial charge is 0.264 e. The number of nitrogens with one attached hydrogen (secondary N) is 1. The van der Waals surface area contributed by atoms with Crippen molar-refractivity contribution in [3.8, 4) is 0 Å². The van der Waals surface area contributed by atoms with Gasteiger partial charge in [-0.15, -0.1) is 0 Å². The van der Waals surface area contributed by atoms with Crippen molar-refractivity contribution in [3.63, 3.8) is 0 Å². The van der Waals surface area contributed by atoms with Gasteiger partial charge in [0.05, 0.1) is 11.1 Å². The van der Waals surface area contributed by atoms with Crippen LogP contribution in [-0.2, 0) is 0 Å². The van der Waals surface area contributed by atoms with Gasteiger partial charge in [0, 0.05) is 18.3 Å². The van der Waals surface area contributed by atoms with Crippen molar-refractivity contribution in [1.29, 1.82) is 0 Å². The van der Waals surface area contributed by atoms with E-state index in [1.54, 1.807) is 25.2 Å². The zero-order chi connectivity index (χ0) is 12.8. The lowest BCUT2D eigenvalue weighted by atomic mass is 10.1. The van der Waals surface area contributed by atoms with Crippen LogP contribution in [0.15, 0.2) is 18.2 Å². The van der Waals surface area contributed by atoms with Crippen LogP contribution in [-0.4, -0.2) is 29.3 Å². The number of hydrogen-bond acceptors (Lipinski definition) is 3. The van der Waals surface area contributed by atoms with Crippen LogP contribution < -0.4 is 5.32 Å². The summed E-state index contributed by atoms with van der Waals surface area (Å²) in [6.07, 6.45) is 0. The normalized spacial score (nSPS) is 15.2. The maximum absolute atomic E-state index is 12.3. The summed E-state index contributed by atoms with van der Waals surface area (Å²) in [5, 5.41) is 2.95. The molecule has 90 valence electrons. The van der Waals surface area contributed by atoms with Crippen LogP contribution >= 0.6 is 0 Å². The summed E-state index contributed by atoms with van der Waals surface area (Å²) in [5.74, 6) is -0.433. The first-order valence-electron chi connectivity index (χ1n) is 5.57. The van der Waals surface area contributed by atoms with Crippen LogP contribution in [0.2, 0.25) is 0 Å². The zero-order valence-corrected chi connectivity index (χ0v) is 10.5. The standard InChI is InChI=1S/C13H16N2O2/c1-13(2,3)15-11(16)8-6-5-7-9(14-4)10(8)12(15)17/h5-7,14H,1-4H3. The van der Waals surface area contributed by atoms with E-state index in [-0.39, 0.29) is 11.8 Å². The zero-order valence-electron chi connectivity index (χ0n) is 10.5. The Labute approximate surface area is 101 Å². The molecule has 4 heteroatoms. The quantitative estimate of drug-likeness (QED) is 0.754. The van der Waals surface area contributed by atoms with E-state index in [9.17, 15) is 9.59 Å². The van der Waals surface area contributed by atoms with Gasteiger partial charge in [0.1, 0.15) is 0 Å². The van der Waals surface area contributed by atoms with Crippen molar-refractivity contribution >= 4 is 17.5 Å². The molecule has 2 rings (SSSR count). The third kappa shape index (κ3) is 1.60. The molecule has 0 aromatic heterocycles. The van der Waals surface area contributed by atoms with E-state index in [2.05, 4.69) is 5.32 Å². The molecule has 0 saturated carbocycles. The van der Waals surface area contributed by atoms with E-state index in [1.165, 1.54) is 4.90 Å². The highest BCUT2D eigenvalue weighted by atomic mass is 16.2. The molecule has 0 fully saturated rings. The van der Waals surface area contributed by atoms with Gasteiger partial charge >= 0.3 is 0 Å². The van der Waals surface area contributed by atoms with Crippen molar-refractivity contribution in [3.05, 3.63) is 29.3 Å². The molecule has 0 saturated heterocycles. The van der Waals surface area contributed by atoms with Gasteiger partial charge in [0.25, 0.3) is 11.8 Å². The Balaban J connectivity index is 2.61. The Kier molecular flexibility index (Phi) is 2.45. The monoisotopic (exact) mass is 232 g/mol. The number of anilines is 1. The maximum atomic E-state index is 12.3. The van der Waals surface area contributed by atoms with Crippen molar-refractivity contribution in [1.82, 2.24) is 4.90 Å². The molecule has 0 radical (unpaired) electrons. The van der Waals surface area contributed by atoms with Gasteiger partial charge in [0.2, 0.25) is 0 Å². The van der Waals surface area contributed by atoms with Crippen molar-refractivity contribution in [2.24, 2.45) is 0 Å². The number of amides is 2. The molecule has 1 N–H and O–H groups in total. The number of carbonyl (C=O) groups is 2. The number of carbonyl (C=O) groups excluding carboxylic acids is 2. The topological polar surface area (TPSA) is 49.4 Å². The fourth-order valence-corrected chi connectivity index (χ4v) is 2.10. The third-order valence-electron chi connectivity index (χ3n) is 2.86. The fraction of sp³-hybridized carbons (Fsp3) is 0.385. The summed E-state index contributed by atoms with van der Waals surface area (Å²) in [6.45, 7) is 5.56. The largest absolute Gasteiger partial charge is 0.387 e. The van der Waals surface area contributed by atoms with Crippen LogP contribution in [0.4, 0.5) is 5.69 Å². The van der Waals surface area contributed by atoms with Crippen LogP contribution in [0.5, 0.6) is 0 Å². The average Bonchev–Trinajstić information content (AvgIpc) is 2.51.